The Hall–Kier alpha value is -2.58. The van der Waals surface area contributed by atoms with Crippen molar-refractivity contribution < 1.29 is 14.1 Å². The lowest BCUT2D eigenvalue weighted by molar-refractivity contribution is -0.138. The first-order valence-electron chi connectivity index (χ1n) is 7.29. The lowest BCUT2D eigenvalue weighted by atomic mass is 10.1. The van der Waals surface area contributed by atoms with E-state index in [0.29, 0.717) is 16.5 Å². The minimum Gasteiger partial charge on any atom is -0.480 e. The summed E-state index contributed by atoms with van der Waals surface area (Å²) in [5.74, 6) is -0.885. The number of aromatic amines is 1. The van der Waals surface area contributed by atoms with Gasteiger partial charge in [0.15, 0.2) is 5.16 Å². The van der Waals surface area contributed by atoms with E-state index in [1.807, 2.05) is 24.3 Å². The predicted molar refractivity (Wildman–Crippen MR) is 89.8 cm³/mol. The molecule has 0 radical (unpaired) electrons. The van der Waals surface area contributed by atoms with Gasteiger partial charge in [0.2, 0.25) is 0 Å². The molecule has 3 aromatic rings. The van der Waals surface area contributed by atoms with Crippen molar-refractivity contribution in [2.45, 2.75) is 23.4 Å². The second-order valence-electron chi connectivity index (χ2n) is 5.32. The third-order valence-corrected chi connectivity index (χ3v) is 4.66. The summed E-state index contributed by atoms with van der Waals surface area (Å²) in [7, 11) is -1.37. The number of aromatic nitrogens is 3. The summed E-state index contributed by atoms with van der Waals surface area (Å²) in [6, 6.07) is 11.7. The number of imidazole rings is 1. The molecule has 2 unspecified atom stereocenters. The fourth-order valence-electron chi connectivity index (χ4n) is 2.28. The van der Waals surface area contributed by atoms with Gasteiger partial charge in [0.1, 0.15) is 6.04 Å². The number of carbonyl (C=O) groups is 1. The van der Waals surface area contributed by atoms with Crippen LogP contribution in [0, 0.1) is 0 Å². The summed E-state index contributed by atoms with van der Waals surface area (Å²) in [4.78, 5) is 22.5. The van der Waals surface area contributed by atoms with Gasteiger partial charge in [-0.3, -0.25) is 14.0 Å². The molecule has 0 aliphatic heterocycles. The highest BCUT2D eigenvalue weighted by Gasteiger charge is 2.15. The molecule has 0 saturated carbocycles. The molecule has 2 aromatic heterocycles. The number of nitrogens with one attached hydrogen (secondary N) is 1. The van der Waals surface area contributed by atoms with Crippen LogP contribution in [0.15, 0.2) is 47.6 Å². The van der Waals surface area contributed by atoms with Crippen molar-refractivity contribution in [1.29, 1.82) is 0 Å². The molecule has 124 valence electrons. The lowest BCUT2D eigenvalue weighted by Crippen LogP contribution is -2.32. The highest BCUT2D eigenvalue weighted by Crippen LogP contribution is 2.15. The molecule has 0 spiro atoms. The summed E-state index contributed by atoms with van der Waals surface area (Å²) in [6.45, 7) is 0. The van der Waals surface area contributed by atoms with Gasteiger partial charge < -0.3 is 15.8 Å². The van der Waals surface area contributed by atoms with E-state index in [1.165, 1.54) is 0 Å². The van der Waals surface area contributed by atoms with Crippen LogP contribution >= 0.6 is 0 Å². The second-order valence-corrected chi connectivity index (χ2v) is 6.68. The zero-order chi connectivity index (χ0) is 17.1. The maximum Gasteiger partial charge on any atom is 0.320 e. The highest BCUT2D eigenvalue weighted by molar-refractivity contribution is 7.84. The van der Waals surface area contributed by atoms with Gasteiger partial charge in [-0.25, -0.2) is 4.98 Å². The average molecular weight is 344 g/mol. The van der Waals surface area contributed by atoms with E-state index in [9.17, 15) is 9.00 Å². The van der Waals surface area contributed by atoms with E-state index in [0.717, 1.165) is 11.0 Å². The zero-order valence-corrected chi connectivity index (χ0v) is 13.5. The van der Waals surface area contributed by atoms with Gasteiger partial charge in [-0.05, 0) is 24.3 Å². The number of nitrogens with two attached hydrogens (primary N) is 1. The molecule has 7 nitrogen and oxygen atoms in total. The number of benzene rings is 1. The topological polar surface area (TPSA) is 122 Å². The van der Waals surface area contributed by atoms with Gasteiger partial charge in [-0.1, -0.05) is 18.2 Å². The Morgan fingerprint density at radius 2 is 1.92 bits per heavy atom. The molecule has 2 heterocycles. The Labute approximate surface area is 140 Å². The molecule has 4 N–H and O–H groups in total. The number of nitrogens with zero attached hydrogens (tertiary/aromatic N) is 2. The van der Waals surface area contributed by atoms with E-state index in [2.05, 4.69) is 15.0 Å². The van der Waals surface area contributed by atoms with Gasteiger partial charge >= 0.3 is 5.97 Å². The monoisotopic (exact) mass is 344 g/mol. The minimum absolute atomic E-state index is 0.125. The molecule has 8 heteroatoms. The van der Waals surface area contributed by atoms with E-state index in [4.69, 9.17) is 10.8 Å². The average Bonchev–Trinajstić information content (AvgIpc) is 2.99. The molecule has 0 aliphatic rings. The number of hydrogen-bond acceptors (Lipinski definition) is 5. The quantitative estimate of drug-likeness (QED) is 0.618. The molecule has 0 bridgehead atoms. The Kier molecular flexibility index (Phi) is 4.68. The van der Waals surface area contributed by atoms with Crippen molar-refractivity contribution in [2.24, 2.45) is 5.73 Å². The standard InChI is InChI=1S/C16H16N4O3S/c17-12(15(21)22)8-10-4-3-5-11(18-10)9-24(23)16-19-13-6-1-2-7-14(13)20-16/h1-7,12H,8-9,17H2,(H,19,20)(H,21,22). The van der Waals surface area contributed by atoms with E-state index in [1.54, 1.807) is 18.2 Å². The van der Waals surface area contributed by atoms with Crippen LogP contribution in [-0.4, -0.2) is 36.3 Å². The molecular weight excluding hydrogens is 328 g/mol. The number of hydrogen-bond donors (Lipinski definition) is 3. The molecule has 3 rings (SSSR count). The molecule has 2 atom stereocenters. The van der Waals surface area contributed by atoms with Crippen LogP contribution in [0.25, 0.3) is 11.0 Å². The largest absolute Gasteiger partial charge is 0.480 e. The van der Waals surface area contributed by atoms with Gasteiger partial charge in [0.05, 0.1) is 33.3 Å². The Morgan fingerprint density at radius 3 is 2.67 bits per heavy atom. The molecule has 0 amide bonds. The van der Waals surface area contributed by atoms with Gasteiger partial charge in [0.25, 0.3) is 0 Å². The third kappa shape index (κ3) is 3.66. The lowest BCUT2D eigenvalue weighted by Gasteiger charge is -2.07. The maximum absolute atomic E-state index is 12.5. The molecule has 1 aromatic carbocycles. The van der Waals surface area contributed by atoms with Crippen LogP contribution in [0.4, 0.5) is 0 Å². The summed E-state index contributed by atoms with van der Waals surface area (Å²) in [6.07, 6.45) is 0.125. The van der Waals surface area contributed by atoms with Crippen LogP contribution < -0.4 is 5.73 Å². The van der Waals surface area contributed by atoms with Crippen LogP contribution in [0.1, 0.15) is 11.4 Å². The minimum atomic E-state index is -1.37. The fourth-order valence-corrected chi connectivity index (χ4v) is 3.27. The van der Waals surface area contributed by atoms with Crippen molar-refractivity contribution >= 4 is 27.8 Å². The van der Waals surface area contributed by atoms with Crippen LogP contribution in [0.5, 0.6) is 0 Å². The van der Waals surface area contributed by atoms with Crippen molar-refractivity contribution in [3.8, 4) is 0 Å². The van der Waals surface area contributed by atoms with Crippen molar-refractivity contribution in [3.05, 3.63) is 53.9 Å². The van der Waals surface area contributed by atoms with Crippen molar-refractivity contribution in [3.63, 3.8) is 0 Å². The zero-order valence-electron chi connectivity index (χ0n) is 12.7. The van der Waals surface area contributed by atoms with E-state index in [-0.39, 0.29) is 12.2 Å². The van der Waals surface area contributed by atoms with E-state index < -0.39 is 22.8 Å². The smallest absolute Gasteiger partial charge is 0.320 e. The van der Waals surface area contributed by atoms with E-state index >= 15 is 0 Å². The summed E-state index contributed by atoms with van der Waals surface area (Å²) >= 11 is 0. The molecular formula is C16H16N4O3S. The number of aliphatic carboxylic acids is 1. The number of rotatable bonds is 6. The fraction of sp³-hybridized carbons (Fsp3) is 0.188. The summed E-state index contributed by atoms with van der Waals surface area (Å²) < 4.78 is 12.5. The summed E-state index contributed by atoms with van der Waals surface area (Å²) in [5, 5.41) is 9.26. The molecule has 24 heavy (non-hydrogen) atoms. The SMILES string of the molecule is NC(Cc1cccc(CS(=O)c2nc3ccccc3[nH]2)n1)C(=O)O. The number of fused-ring (bicyclic) bond motifs is 1. The normalized spacial score (nSPS) is 13.7. The molecule has 0 saturated heterocycles. The molecule has 0 aliphatic carbocycles. The predicted octanol–water partition coefficient (Wildman–Crippen LogP) is 1.22. The molecule has 0 fully saturated rings. The third-order valence-electron chi connectivity index (χ3n) is 3.47. The van der Waals surface area contributed by atoms with Crippen LogP contribution in [0.3, 0.4) is 0 Å². The van der Waals surface area contributed by atoms with Crippen LogP contribution in [-0.2, 0) is 27.8 Å². The van der Waals surface area contributed by atoms with Crippen LogP contribution in [0.2, 0.25) is 0 Å². The number of para-hydroxylation sites is 2. The maximum atomic E-state index is 12.5. The van der Waals surface area contributed by atoms with Crippen molar-refractivity contribution in [2.75, 3.05) is 0 Å². The van der Waals surface area contributed by atoms with Gasteiger partial charge in [-0.15, -0.1) is 0 Å². The first-order chi connectivity index (χ1) is 11.5. The van der Waals surface area contributed by atoms with Crippen molar-refractivity contribution in [1.82, 2.24) is 15.0 Å². The van der Waals surface area contributed by atoms with Gasteiger partial charge in [0, 0.05) is 12.1 Å². The first kappa shape index (κ1) is 16.3. The number of pyridine rings is 1. The Morgan fingerprint density at radius 1 is 1.17 bits per heavy atom. The first-order valence-corrected chi connectivity index (χ1v) is 8.61. The Balaban J connectivity index is 1.75. The number of carboxylic acid groups (broad SMARTS) is 1. The summed E-state index contributed by atoms with van der Waals surface area (Å²) in [5.41, 5.74) is 8.27. The van der Waals surface area contributed by atoms with Gasteiger partial charge in [-0.2, -0.15) is 0 Å². The second kappa shape index (κ2) is 6.90. The Bertz CT molecular complexity index is 876. The highest BCUT2D eigenvalue weighted by atomic mass is 32.2. The number of carboxylic acids is 1. The number of H-pyrrole nitrogens is 1.